The second-order valence-electron chi connectivity index (χ2n) is 7.14. The zero-order valence-corrected chi connectivity index (χ0v) is 15.8. The molecule has 0 aromatic heterocycles. The molecule has 0 aliphatic heterocycles. The lowest BCUT2D eigenvalue weighted by Gasteiger charge is -2.20. The number of nitrogens with one attached hydrogen (secondary N) is 1. The van der Waals surface area contributed by atoms with E-state index in [9.17, 15) is 4.79 Å². The molecule has 24 heavy (non-hydrogen) atoms. The molecule has 0 heterocycles. The summed E-state index contributed by atoms with van der Waals surface area (Å²) < 4.78 is 0. The van der Waals surface area contributed by atoms with Crippen molar-refractivity contribution in [1.82, 2.24) is 5.32 Å². The molecule has 0 radical (unpaired) electrons. The molecule has 2 aromatic rings. The van der Waals surface area contributed by atoms with Crippen molar-refractivity contribution in [3.05, 3.63) is 71.3 Å². The van der Waals surface area contributed by atoms with Crippen LogP contribution in [0, 0.1) is 0 Å². The summed E-state index contributed by atoms with van der Waals surface area (Å²) in [6.07, 6.45) is 0. The molecule has 0 aliphatic carbocycles. The second-order valence-corrected chi connectivity index (χ2v) is 8.13. The SMILES string of the molecule is CC(NC(=O)CSCc1ccccc1)c1ccc(C(C)(C)C)cc1. The number of benzene rings is 2. The lowest BCUT2D eigenvalue weighted by Crippen LogP contribution is -2.28. The van der Waals surface area contributed by atoms with Gasteiger partial charge in [-0.1, -0.05) is 75.4 Å². The van der Waals surface area contributed by atoms with Crippen LogP contribution in [-0.4, -0.2) is 11.7 Å². The Bertz CT molecular complexity index is 644. The number of hydrogen-bond donors (Lipinski definition) is 1. The van der Waals surface area contributed by atoms with E-state index in [2.05, 4.69) is 62.5 Å². The third-order valence-electron chi connectivity index (χ3n) is 4.00. The first-order valence-electron chi connectivity index (χ1n) is 8.38. The molecule has 0 fully saturated rings. The van der Waals surface area contributed by atoms with Crippen LogP contribution in [-0.2, 0) is 16.0 Å². The van der Waals surface area contributed by atoms with Crippen molar-refractivity contribution in [3.63, 3.8) is 0 Å². The van der Waals surface area contributed by atoms with Gasteiger partial charge in [0.2, 0.25) is 5.91 Å². The maximum absolute atomic E-state index is 12.1. The zero-order valence-electron chi connectivity index (χ0n) is 15.0. The van der Waals surface area contributed by atoms with Gasteiger partial charge in [0.05, 0.1) is 11.8 Å². The molecule has 128 valence electrons. The van der Waals surface area contributed by atoms with Gasteiger partial charge >= 0.3 is 0 Å². The van der Waals surface area contributed by atoms with Gasteiger partial charge in [-0.15, -0.1) is 11.8 Å². The Kier molecular flexibility index (Phi) is 6.50. The van der Waals surface area contributed by atoms with Crippen LogP contribution in [0.15, 0.2) is 54.6 Å². The van der Waals surface area contributed by atoms with Crippen LogP contribution >= 0.6 is 11.8 Å². The number of thioether (sulfide) groups is 1. The van der Waals surface area contributed by atoms with Gasteiger partial charge in [0, 0.05) is 5.75 Å². The van der Waals surface area contributed by atoms with E-state index in [1.807, 2.05) is 25.1 Å². The van der Waals surface area contributed by atoms with Crippen molar-refractivity contribution in [1.29, 1.82) is 0 Å². The summed E-state index contributed by atoms with van der Waals surface area (Å²) >= 11 is 1.65. The van der Waals surface area contributed by atoms with E-state index in [0.717, 1.165) is 11.3 Å². The van der Waals surface area contributed by atoms with Crippen LogP contribution in [0.5, 0.6) is 0 Å². The minimum Gasteiger partial charge on any atom is -0.349 e. The maximum atomic E-state index is 12.1. The monoisotopic (exact) mass is 341 g/mol. The van der Waals surface area contributed by atoms with Gasteiger partial charge in [-0.3, -0.25) is 4.79 Å². The van der Waals surface area contributed by atoms with E-state index < -0.39 is 0 Å². The standard InChI is InChI=1S/C21H27NOS/c1-16(18-10-12-19(13-11-18)21(2,3)4)22-20(23)15-24-14-17-8-6-5-7-9-17/h5-13,16H,14-15H2,1-4H3,(H,22,23). The number of rotatable bonds is 6. The Morgan fingerprint density at radius 3 is 2.25 bits per heavy atom. The lowest BCUT2D eigenvalue weighted by molar-refractivity contribution is -0.119. The molecular weight excluding hydrogens is 314 g/mol. The highest BCUT2D eigenvalue weighted by Crippen LogP contribution is 2.24. The van der Waals surface area contributed by atoms with E-state index in [-0.39, 0.29) is 17.4 Å². The Morgan fingerprint density at radius 1 is 1.04 bits per heavy atom. The van der Waals surface area contributed by atoms with Crippen LogP contribution in [0.2, 0.25) is 0 Å². The van der Waals surface area contributed by atoms with Crippen molar-refractivity contribution in [2.24, 2.45) is 0 Å². The fourth-order valence-electron chi connectivity index (χ4n) is 2.47. The highest BCUT2D eigenvalue weighted by atomic mass is 32.2. The molecule has 0 spiro atoms. The largest absolute Gasteiger partial charge is 0.349 e. The zero-order chi connectivity index (χ0) is 17.6. The van der Waals surface area contributed by atoms with Gasteiger partial charge in [-0.05, 0) is 29.0 Å². The molecule has 0 saturated heterocycles. The minimum atomic E-state index is 0.0313. The summed E-state index contributed by atoms with van der Waals surface area (Å²) in [5, 5.41) is 3.08. The van der Waals surface area contributed by atoms with Crippen LogP contribution in [0.4, 0.5) is 0 Å². The summed E-state index contributed by atoms with van der Waals surface area (Å²) in [4.78, 5) is 12.1. The highest BCUT2D eigenvalue weighted by molar-refractivity contribution is 7.99. The van der Waals surface area contributed by atoms with E-state index in [1.54, 1.807) is 11.8 Å². The van der Waals surface area contributed by atoms with E-state index >= 15 is 0 Å². The van der Waals surface area contributed by atoms with Crippen molar-refractivity contribution in [2.45, 2.75) is 44.9 Å². The summed E-state index contributed by atoms with van der Waals surface area (Å²) in [6.45, 7) is 8.65. The smallest absolute Gasteiger partial charge is 0.230 e. The fraction of sp³-hybridized carbons (Fsp3) is 0.381. The molecule has 1 atom stereocenters. The number of carbonyl (C=O) groups is 1. The van der Waals surface area contributed by atoms with Crippen molar-refractivity contribution >= 4 is 17.7 Å². The lowest BCUT2D eigenvalue weighted by atomic mass is 9.86. The van der Waals surface area contributed by atoms with Gasteiger partial charge in [0.25, 0.3) is 0 Å². The average molecular weight is 342 g/mol. The third kappa shape index (κ3) is 5.72. The van der Waals surface area contributed by atoms with Gasteiger partial charge in [0.15, 0.2) is 0 Å². The molecular formula is C21H27NOS. The van der Waals surface area contributed by atoms with Gasteiger partial charge in [0.1, 0.15) is 0 Å². The highest BCUT2D eigenvalue weighted by Gasteiger charge is 2.14. The van der Waals surface area contributed by atoms with E-state index in [0.29, 0.717) is 5.75 Å². The third-order valence-corrected chi connectivity index (χ3v) is 5.00. The van der Waals surface area contributed by atoms with Crippen LogP contribution < -0.4 is 5.32 Å². The molecule has 0 aliphatic rings. The molecule has 3 heteroatoms. The number of amides is 1. The normalized spacial score (nSPS) is 12.7. The first kappa shape index (κ1) is 18.6. The van der Waals surface area contributed by atoms with Crippen LogP contribution in [0.3, 0.4) is 0 Å². The molecule has 2 aromatic carbocycles. The number of carbonyl (C=O) groups excluding carboxylic acids is 1. The molecule has 0 bridgehead atoms. The van der Waals surface area contributed by atoms with Gasteiger partial charge < -0.3 is 5.32 Å². The molecule has 1 unspecified atom stereocenters. The maximum Gasteiger partial charge on any atom is 0.230 e. The minimum absolute atomic E-state index is 0.0313. The fourth-order valence-corrected chi connectivity index (χ4v) is 3.27. The Labute approximate surface area is 150 Å². The van der Waals surface area contributed by atoms with Crippen molar-refractivity contribution in [2.75, 3.05) is 5.75 Å². The van der Waals surface area contributed by atoms with Crippen LogP contribution in [0.1, 0.15) is 50.4 Å². The van der Waals surface area contributed by atoms with E-state index in [4.69, 9.17) is 0 Å². The Hall–Kier alpha value is -1.74. The predicted octanol–water partition coefficient (Wildman–Crippen LogP) is 5.09. The van der Waals surface area contributed by atoms with Crippen molar-refractivity contribution < 1.29 is 4.79 Å². The quantitative estimate of drug-likeness (QED) is 0.792. The molecule has 1 N–H and O–H groups in total. The number of hydrogen-bond acceptors (Lipinski definition) is 2. The average Bonchev–Trinajstić information content (AvgIpc) is 2.55. The molecule has 1 amide bonds. The topological polar surface area (TPSA) is 29.1 Å². The second kappa shape index (κ2) is 8.39. The summed E-state index contributed by atoms with van der Waals surface area (Å²) in [5.74, 6) is 1.44. The summed E-state index contributed by atoms with van der Waals surface area (Å²) in [5.41, 5.74) is 3.85. The van der Waals surface area contributed by atoms with Gasteiger partial charge in [-0.2, -0.15) is 0 Å². The molecule has 2 rings (SSSR count). The first-order valence-corrected chi connectivity index (χ1v) is 9.53. The van der Waals surface area contributed by atoms with Gasteiger partial charge in [-0.25, -0.2) is 0 Å². The first-order chi connectivity index (χ1) is 11.4. The Balaban J connectivity index is 1.80. The molecule has 0 saturated carbocycles. The summed E-state index contributed by atoms with van der Waals surface area (Å²) in [7, 11) is 0. The van der Waals surface area contributed by atoms with Crippen molar-refractivity contribution in [3.8, 4) is 0 Å². The predicted molar refractivity (Wildman–Crippen MR) is 104 cm³/mol. The van der Waals surface area contributed by atoms with Crippen LogP contribution in [0.25, 0.3) is 0 Å². The van der Waals surface area contributed by atoms with E-state index in [1.165, 1.54) is 11.1 Å². The molecule has 2 nitrogen and oxygen atoms in total. The Morgan fingerprint density at radius 2 is 1.67 bits per heavy atom. The summed E-state index contributed by atoms with van der Waals surface area (Å²) in [6, 6.07) is 18.8.